The molecule has 192 valence electrons. The van der Waals surface area contributed by atoms with Gasteiger partial charge in [-0.1, -0.05) is 39.0 Å². The SMILES string of the molecule is CC(C)(C)Cn1cc([C@@H](CF)N[S+]([O-])C(C)(C)C)c2cc(F)c(-c3ccccc3C(F)(F)F)cc21. The van der Waals surface area contributed by atoms with Crippen molar-refractivity contribution in [2.75, 3.05) is 6.67 Å². The van der Waals surface area contributed by atoms with Crippen molar-refractivity contribution in [2.24, 2.45) is 5.41 Å². The van der Waals surface area contributed by atoms with Crippen molar-refractivity contribution >= 4 is 22.3 Å². The Labute approximate surface area is 206 Å². The Hall–Kier alpha value is -2.10. The first-order valence-corrected chi connectivity index (χ1v) is 12.4. The van der Waals surface area contributed by atoms with Gasteiger partial charge in [-0.2, -0.15) is 13.2 Å². The second-order valence-electron chi connectivity index (χ2n) is 10.9. The lowest BCUT2D eigenvalue weighted by Gasteiger charge is -2.26. The molecule has 0 aliphatic carbocycles. The molecule has 1 aromatic heterocycles. The molecule has 1 N–H and O–H groups in total. The van der Waals surface area contributed by atoms with Gasteiger partial charge in [0, 0.05) is 46.1 Å². The van der Waals surface area contributed by atoms with Gasteiger partial charge in [-0.3, -0.25) is 0 Å². The number of hydrogen-bond donors (Lipinski definition) is 1. The number of hydrogen-bond acceptors (Lipinski definition) is 2. The van der Waals surface area contributed by atoms with Gasteiger partial charge in [-0.05, 0) is 49.9 Å². The highest BCUT2D eigenvalue weighted by Gasteiger charge is 2.35. The summed E-state index contributed by atoms with van der Waals surface area (Å²) < 4.78 is 87.1. The van der Waals surface area contributed by atoms with E-state index in [9.17, 15) is 22.1 Å². The third-order valence-corrected chi connectivity index (χ3v) is 7.11. The third-order valence-electron chi connectivity index (χ3n) is 5.50. The Morgan fingerprint density at radius 3 is 2.17 bits per heavy atom. The molecule has 0 radical (unpaired) electrons. The molecule has 2 atom stereocenters. The molecule has 0 fully saturated rings. The summed E-state index contributed by atoms with van der Waals surface area (Å²) >= 11 is -1.59. The van der Waals surface area contributed by atoms with Gasteiger partial charge in [0.05, 0.1) is 5.56 Å². The third kappa shape index (κ3) is 6.19. The largest absolute Gasteiger partial charge is 0.598 e. The van der Waals surface area contributed by atoms with Gasteiger partial charge in [-0.25, -0.2) is 8.78 Å². The Morgan fingerprint density at radius 1 is 1.00 bits per heavy atom. The first kappa shape index (κ1) is 27.5. The van der Waals surface area contributed by atoms with E-state index in [0.717, 1.165) is 12.1 Å². The molecule has 3 nitrogen and oxygen atoms in total. The van der Waals surface area contributed by atoms with Crippen LogP contribution in [0, 0.1) is 11.2 Å². The Balaban J connectivity index is 2.25. The van der Waals surface area contributed by atoms with Gasteiger partial charge in [-0.15, -0.1) is 4.72 Å². The average molecular weight is 515 g/mol. The van der Waals surface area contributed by atoms with Crippen molar-refractivity contribution in [2.45, 2.75) is 65.1 Å². The first-order valence-electron chi connectivity index (χ1n) is 11.3. The van der Waals surface area contributed by atoms with Crippen LogP contribution >= 0.6 is 0 Å². The molecule has 0 aliphatic heterocycles. The fourth-order valence-corrected chi connectivity index (χ4v) is 4.71. The van der Waals surface area contributed by atoms with Crippen LogP contribution in [0.2, 0.25) is 0 Å². The van der Waals surface area contributed by atoms with Crippen molar-refractivity contribution in [3.63, 3.8) is 0 Å². The second kappa shape index (κ2) is 9.75. The van der Waals surface area contributed by atoms with Gasteiger partial charge in [0.15, 0.2) is 0 Å². The smallest absolute Gasteiger partial charge is 0.417 e. The van der Waals surface area contributed by atoms with Crippen LogP contribution in [0.3, 0.4) is 0 Å². The van der Waals surface area contributed by atoms with Gasteiger partial charge in [0.1, 0.15) is 23.3 Å². The number of fused-ring (bicyclic) bond motifs is 1. The number of rotatable bonds is 6. The van der Waals surface area contributed by atoms with E-state index >= 15 is 4.39 Å². The van der Waals surface area contributed by atoms with Crippen LogP contribution in [0.4, 0.5) is 22.0 Å². The molecule has 35 heavy (non-hydrogen) atoms. The van der Waals surface area contributed by atoms with E-state index in [4.69, 9.17) is 0 Å². The molecular formula is C26H31F5N2OS. The summed E-state index contributed by atoms with van der Waals surface area (Å²) in [7, 11) is 0. The Bertz CT molecular complexity index is 1190. The van der Waals surface area contributed by atoms with Crippen molar-refractivity contribution in [1.82, 2.24) is 9.29 Å². The molecular weight excluding hydrogens is 483 g/mol. The summed E-state index contributed by atoms with van der Waals surface area (Å²) in [6, 6.07) is 6.41. The van der Waals surface area contributed by atoms with E-state index in [1.165, 1.54) is 24.3 Å². The van der Waals surface area contributed by atoms with Crippen molar-refractivity contribution in [1.29, 1.82) is 0 Å². The zero-order valence-electron chi connectivity index (χ0n) is 20.7. The topological polar surface area (TPSA) is 40.0 Å². The van der Waals surface area contributed by atoms with Crippen LogP contribution in [0.1, 0.15) is 58.7 Å². The van der Waals surface area contributed by atoms with E-state index < -0.39 is 46.4 Å². The van der Waals surface area contributed by atoms with Crippen molar-refractivity contribution in [3.8, 4) is 11.1 Å². The first-order chi connectivity index (χ1) is 16.0. The summed E-state index contributed by atoms with van der Waals surface area (Å²) in [4.78, 5) is 0. The monoisotopic (exact) mass is 514 g/mol. The molecule has 1 unspecified atom stereocenters. The van der Waals surface area contributed by atoms with E-state index in [-0.39, 0.29) is 16.5 Å². The molecule has 1 heterocycles. The summed E-state index contributed by atoms with van der Waals surface area (Å²) in [5.74, 6) is -0.849. The van der Waals surface area contributed by atoms with E-state index in [0.29, 0.717) is 23.0 Å². The fourth-order valence-electron chi connectivity index (χ4n) is 3.91. The van der Waals surface area contributed by atoms with Crippen LogP contribution in [0.15, 0.2) is 42.6 Å². The maximum absolute atomic E-state index is 15.4. The minimum Gasteiger partial charge on any atom is -0.598 e. The maximum atomic E-state index is 15.4. The zero-order valence-corrected chi connectivity index (χ0v) is 21.5. The van der Waals surface area contributed by atoms with Crippen LogP contribution in [-0.2, 0) is 24.1 Å². The van der Waals surface area contributed by atoms with Crippen LogP contribution in [0.5, 0.6) is 0 Å². The van der Waals surface area contributed by atoms with Crippen LogP contribution < -0.4 is 4.72 Å². The highest BCUT2D eigenvalue weighted by atomic mass is 32.2. The standard InChI is InChI=1S/C26H31F5N2OS/c1-24(2,3)15-33-14-19(22(13-27)32-35(34)25(4,5)6)18-11-21(28)17(12-23(18)33)16-9-7-8-10-20(16)26(29,30)31/h7-12,14,22,32H,13,15H2,1-6H3/t22-,35?/m1/s1. The van der Waals surface area contributed by atoms with Gasteiger partial charge in [0.2, 0.25) is 0 Å². The summed E-state index contributed by atoms with van der Waals surface area (Å²) in [6.45, 7) is 10.8. The summed E-state index contributed by atoms with van der Waals surface area (Å²) in [6.07, 6.45) is -2.98. The molecule has 9 heteroatoms. The molecule has 0 saturated heterocycles. The van der Waals surface area contributed by atoms with E-state index in [2.05, 4.69) is 4.72 Å². The lowest BCUT2D eigenvalue weighted by Crippen LogP contribution is -2.41. The van der Waals surface area contributed by atoms with Gasteiger partial charge in [0.25, 0.3) is 0 Å². The normalized spacial score (nSPS) is 15.0. The van der Waals surface area contributed by atoms with E-state index in [1.54, 1.807) is 31.5 Å². The number of alkyl halides is 4. The molecule has 3 aromatic rings. The van der Waals surface area contributed by atoms with Crippen LogP contribution in [0.25, 0.3) is 22.0 Å². The molecule has 0 bridgehead atoms. The lowest BCUT2D eigenvalue weighted by atomic mass is 9.96. The number of benzene rings is 2. The lowest BCUT2D eigenvalue weighted by molar-refractivity contribution is -0.137. The van der Waals surface area contributed by atoms with Gasteiger partial charge < -0.3 is 9.12 Å². The highest BCUT2D eigenvalue weighted by Crippen LogP contribution is 2.40. The summed E-state index contributed by atoms with van der Waals surface area (Å²) in [5, 5.41) is 0.362. The molecule has 0 amide bonds. The minimum atomic E-state index is -4.66. The Morgan fingerprint density at radius 2 is 1.63 bits per heavy atom. The Kier molecular flexibility index (Phi) is 7.65. The molecule has 0 saturated carbocycles. The maximum Gasteiger partial charge on any atom is 0.417 e. The molecule has 2 aromatic carbocycles. The molecule has 0 spiro atoms. The predicted molar refractivity (Wildman–Crippen MR) is 132 cm³/mol. The predicted octanol–water partition coefficient (Wildman–Crippen LogP) is 7.57. The number of nitrogens with zero attached hydrogens (tertiary/aromatic N) is 1. The van der Waals surface area contributed by atoms with Crippen molar-refractivity contribution < 1.29 is 26.5 Å². The fraction of sp³-hybridized carbons (Fsp3) is 0.462. The second-order valence-corrected chi connectivity index (χ2v) is 12.9. The van der Waals surface area contributed by atoms with E-state index in [1.807, 2.05) is 20.8 Å². The number of nitrogens with one attached hydrogen (secondary N) is 1. The van der Waals surface area contributed by atoms with Gasteiger partial charge >= 0.3 is 6.18 Å². The number of aromatic nitrogens is 1. The van der Waals surface area contributed by atoms with Crippen molar-refractivity contribution in [3.05, 3.63) is 59.5 Å². The highest BCUT2D eigenvalue weighted by molar-refractivity contribution is 7.90. The molecule has 3 rings (SSSR count). The summed E-state index contributed by atoms with van der Waals surface area (Å²) in [5.41, 5.74) is -0.735. The molecule has 0 aliphatic rings. The zero-order chi connectivity index (χ0) is 26.3. The minimum absolute atomic E-state index is 0.187. The quantitative estimate of drug-likeness (QED) is 0.272. The average Bonchev–Trinajstić information content (AvgIpc) is 3.05. The van der Waals surface area contributed by atoms with Crippen LogP contribution in [-0.4, -0.2) is 20.5 Å². The number of halogens is 5.